The van der Waals surface area contributed by atoms with Crippen molar-refractivity contribution in [3.05, 3.63) is 77.1 Å². The highest BCUT2D eigenvalue weighted by atomic mass is 16.5. The zero-order valence-electron chi connectivity index (χ0n) is 18.6. The van der Waals surface area contributed by atoms with Gasteiger partial charge in [-0.15, -0.1) is 0 Å². The first kappa shape index (κ1) is 22.1. The number of Topliss-reactive ketones (excluding diaryl/α,β-unsaturated/α-hetero) is 1. The summed E-state index contributed by atoms with van der Waals surface area (Å²) in [5.41, 5.74) is 0.972. The van der Waals surface area contributed by atoms with E-state index in [1.165, 1.54) is 4.90 Å². The highest BCUT2D eigenvalue weighted by Gasteiger charge is 2.48. The van der Waals surface area contributed by atoms with Crippen molar-refractivity contribution in [2.45, 2.75) is 26.3 Å². The minimum absolute atomic E-state index is 0.0342. The average molecular weight is 448 g/mol. The monoisotopic (exact) mass is 448 g/mol. The van der Waals surface area contributed by atoms with Crippen LogP contribution in [0.5, 0.6) is 11.5 Å². The number of aromatic nitrogens is 1. The van der Waals surface area contributed by atoms with E-state index < -0.39 is 17.7 Å². The Bertz CT molecular complexity index is 1190. The summed E-state index contributed by atoms with van der Waals surface area (Å²) < 4.78 is 15.9. The fourth-order valence-corrected chi connectivity index (χ4v) is 3.72. The van der Waals surface area contributed by atoms with Gasteiger partial charge in [0.15, 0.2) is 5.82 Å². The topological polar surface area (TPSA) is 102 Å². The van der Waals surface area contributed by atoms with E-state index in [1.807, 2.05) is 6.92 Å². The van der Waals surface area contributed by atoms with Crippen LogP contribution in [0, 0.1) is 6.92 Å². The first-order chi connectivity index (χ1) is 15.9. The van der Waals surface area contributed by atoms with Crippen LogP contribution in [0.15, 0.2) is 64.7 Å². The van der Waals surface area contributed by atoms with Gasteiger partial charge in [0, 0.05) is 11.6 Å². The number of aryl methyl sites for hydroxylation is 1. The Hall–Kier alpha value is -4.07. The van der Waals surface area contributed by atoms with Crippen molar-refractivity contribution in [2.24, 2.45) is 0 Å². The minimum atomic E-state index is -0.892. The Labute approximate surface area is 191 Å². The van der Waals surface area contributed by atoms with E-state index >= 15 is 0 Å². The Morgan fingerprint density at radius 3 is 2.33 bits per heavy atom. The Balaban J connectivity index is 1.83. The highest BCUT2D eigenvalue weighted by molar-refractivity contribution is 6.51. The molecule has 1 aliphatic heterocycles. The van der Waals surface area contributed by atoms with Gasteiger partial charge < -0.3 is 19.1 Å². The van der Waals surface area contributed by atoms with E-state index in [9.17, 15) is 14.7 Å². The van der Waals surface area contributed by atoms with Gasteiger partial charge in [0.1, 0.15) is 23.0 Å². The number of ether oxygens (including phenoxy) is 2. The molecule has 1 aromatic heterocycles. The van der Waals surface area contributed by atoms with Crippen LogP contribution >= 0.6 is 0 Å². The Morgan fingerprint density at radius 2 is 1.76 bits per heavy atom. The molecule has 0 saturated carbocycles. The first-order valence-corrected chi connectivity index (χ1v) is 10.6. The zero-order chi connectivity index (χ0) is 23.5. The maximum Gasteiger partial charge on any atom is 0.301 e. The maximum atomic E-state index is 13.1. The lowest BCUT2D eigenvalue weighted by atomic mass is 9.95. The zero-order valence-corrected chi connectivity index (χ0v) is 18.6. The van der Waals surface area contributed by atoms with Crippen LogP contribution < -0.4 is 14.4 Å². The van der Waals surface area contributed by atoms with Crippen molar-refractivity contribution in [1.29, 1.82) is 0 Å². The number of hydrogen-bond acceptors (Lipinski definition) is 7. The molecule has 2 heterocycles. The number of ketones is 1. The van der Waals surface area contributed by atoms with Crippen molar-refractivity contribution in [2.75, 3.05) is 18.6 Å². The lowest BCUT2D eigenvalue weighted by Gasteiger charge is -2.23. The quantitative estimate of drug-likeness (QED) is 0.325. The number of amides is 1. The molecule has 1 unspecified atom stereocenters. The summed E-state index contributed by atoms with van der Waals surface area (Å²) in [7, 11) is 1.55. The molecule has 0 spiro atoms. The predicted octanol–water partition coefficient (Wildman–Crippen LogP) is 4.41. The number of anilines is 1. The summed E-state index contributed by atoms with van der Waals surface area (Å²) in [4.78, 5) is 27.4. The highest BCUT2D eigenvalue weighted by Crippen LogP contribution is 2.42. The van der Waals surface area contributed by atoms with Crippen LogP contribution in [0.1, 0.15) is 36.3 Å². The minimum Gasteiger partial charge on any atom is -0.507 e. The van der Waals surface area contributed by atoms with Gasteiger partial charge in [0.25, 0.3) is 5.78 Å². The lowest BCUT2D eigenvalue weighted by Crippen LogP contribution is -2.29. The van der Waals surface area contributed by atoms with Gasteiger partial charge in [-0.2, -0.15) is 0 Å². The summed E-state index contributed by atoms with van der Waals surface area (Å²) in [6.45, 7) is 4.28. The fraction of sp³-hybridized carbons (Fsp3) is 0.240. The SMILES string of the molecule is CCCOc1ccc(/C(O)=C2\C(=O)C(=O)N(c3cc(C)on3)C2c2ccc(OC)cc2)cc1. The number of aliphatic hydroxyl groups is 1. The van der Waals surface area contributed by atoms with Gasteiger partial charge in [0.2, 0.25) is 0 Å². The second-order valence-corrected chi connectivity index (χ2v) is 7.61. The Kier molecular flexibility index (Phi) is 6.17. The van der Waals surface area contributed by atoms with Crippen molar-refractivity contribution in [3.63, 3.8) is 0 Å². The van der Waals surface area contributed by atoms with Crippen LogP contribution in [0.4, 0.5) is 5.82 Å². The van der Waals surface area contributed by atoms with Crippen LogP contribution in [0.25, 0.3) is 5.76 Å². The first-order valence-electron chi connectivity index (χ1n) is 10.6. The number of carbonyl (C=O) groups is 2. The maximum absolute atomic E-state index is 13.1. The number of benzene rings is 2. The number of methoxy groups -OCH3 is 1. The molecule has 0 bridgehead atoms. The molecule has 0 aliphatic carbocycles. The van der Waals surface area contributed by atoms with Crippen LogP contribution in [0.3, 0.4) is 0 Å². The molecule has 0 radical (unpaired) electrons. The molecule has 8 nitrogen and oxygen atoms in total. The van der Waals surface area contributed by atoms with Gasteiger partial charge in [-0.25, -0.2) is 0 Å². The molecular formula is C25H24N2O6. The van der Waals surface area contributed by atoms with Gasteiger partial charge in [-0.3, -0.25) is 14.5 Å². The third-order valence-electron chi connectivity index (χ3n) is 5.34. The summed E-state index contributed by atoms with van der Waals surface area (Å²) >= 11 is 0. The van der Waals surface area contributed by atoms with Crippen molar-refractivity contribution in [3.8, 4) is 11.5 Å². The molecule has 1 atom stereocenters. The fourth-order valence-electron chi connectivity index (χ4n) is 3.72. The molecule has 170 valence electrons. The number of rotatable bonds is 7. The summed E-state index contributed by atoms with van der Waals surface area (Å²) in [6.07, 6.45) is 0.870. The van der Waals surface area contributed by atoms with Crippen LogP contribution in [0.2, 0.25) is 0 Å². The predicted molar refractivity (Wildman–Crippen MR) is 121 cm³/mol. The van der Waals surface area contributed by atoms with Gasteiger partial charge in [-0.05, 0) is 55.3 Å². The van der Waals surface area contributed by atoms with Crippen molar-refractivity contribution in [1.82, 2.24) is 5.16 Å². The molecule has 4 rings (SSSR count). The van der Waals surface area contributed by atoms with E-state index in [1.54, 1.807) is 68.6 Å². The molecular weight excluding hydrogens is 424 g/mol. The molecule has 1 saturated heterocycles. The second-order valence-electron chi connectivity index (χ2n) is 7.61. The molecule has 33 heavy (non-hydrogen) atoms. The van der Waals surface area contributed by atoms with E-state index in [2.05, 4.69) is 5.16 Å². The van der Waals surface area contributed by atoms with Gasteiger partial charge in [-0.1, -0.05) is 24.2 Å². The van der Waals surface area contributed by atoms with Crippen molar-refractivity contribution < 1.29 is 28.7 Å². The normalized spacial score (nSPS) is 17.4. The smallest absolute Gasteiger partial charge is 0.301 e. The number of hydrogen-bond donors (Lipinski definition) is 1. The average Bonchev–Trinajstić information content (AvgIpc) is 3.38. The van der Waals surface area contributed by atoms with E-state index in [0.717, 1.165) is 6.42 Å². The van der Waals surface area contributed by atoms with E-state index in [-0.39, 0.29) is 17.2 Å². The van der Waals surface area contributed by atoms with Gasteiger partial charge >= 0.3 is 5.91 Å². The summed E-state index contributed by atoms with van der Waals surface area (Å²) in [5, 5.41) is 15.1. The molecule has 1 fully saturated rings. The number of carbonyl (C=O) groups excluding carboxylic acids is 2. The van der Waals surface area contributed by atoms with Crippen LogP contribution in [-0.2, 0) is 9.59 Å². The molecule has 1 aliphatic rings. The third kappa shape index (κ3) is 4.19. The van der Waals surface area contributed by atoms with Crippen molar-refractivity contribution >= 4 is 23.3 Å². The number of aliphatic hydroxyl groups excluding tert-OH is 1. The van der Waals surface area contributed by atoms with Gasteiger partial charge in [0.05, 0.1) is 25.3 Å². The van der Waals surface area contributed by atoms with E-state index in [0.29, 0.717) is 35.0 Å². The summed E-state index contributed by atoms with van der Waals surface area (Å²) in [5.74, 6) is 0.0721. The molecule has 2 aromatic carbocycles. The van der Waals surface area contributed by atoms with E-state index in [4.69, 9.17) is 14.0 Å². The van der Waals surface area contributed by atoms with Crippen LogP contribution in [-0.4, -0.2) is 35.7 Å². The molecule has 1 N–H and O–H groups in total. The Morgan fingerprint density at radius 1 is 1.09 bits per heavy atom. The molecule has 8 heteroatoms. The molecule has 3 aromatic rings. The standard InChI is InChI=1S/C25H24N2O6/c1-4-13-32-19-11-7-17(8-12-19)23(28)21-22(16-5-9-18(31-3)10-6-16)27(25(30)24(21)29)20-14-15(2)33-26-20/h5-12,14,22,28H,4,13H2,1-3H3/b23-21+. The largest absolute Gasteiger partial charge is 0.507 e. The number of nitrogens with zero attached hydrogens (tertiary/aromatic N) is 2. The molecule has 1 amide bonds. The third-order valence-corrected chi connectivity index (χ3v) is 5.34. The lowest BCUT2D eigenvalue weighted by molar-refractivity contribution is -0.132. The second kappa shape index (κ2) is 9.20. The summed E-state index contributed by atoms with van der Waals surface area (Å²) in [6, 6.07) is 14.3.